The molecule has 4 aromatic rings. The van der Waals surface area contributed by atoms with E-state index in [1.165, 1.54) is 19.1 Å². The third-order valence-corrected chi connectivity index (χ3v) is 7.05. The maximum atomic E-state index is 13.7. The van der Waals surface area contributed by atoms with Crippen molar-refractivity contribution in [3.63, 3.8) is 0 Å². The van der Waals surface area contributed by atoms with Crippen molar-refractivity contribution in [2.24, 2.45) is 5.73 Å². The number of benzene rings is 3. The fourth-order valence-electron chi connectivity index (χ4n) is 4.70. The molecule has 0 fully saturated rings. The van der Waals surface area contributed by atoms with E-state index >= 15 is 0 Å². The van der Waals surface area contributed by atoms with Crippen LogP contribution < -0.4 is 21.7 Å². The molecule has 0 aliphatic rings. The van der Waals surface area contributed by atoms with E-state index in [1.54, 1.807) is 48.7 Å². The molecule has 0 saturated carbocycles. The highest BCUT2D eigenvalue weighted by Gasteiger charge is 2.31. The van der Waals surface area contributed by atoms with Crippen LogP contribution in [0.5, 0.6) is 5.75 Å². The summed E-state index contributed by atoms with van der Waals surface area (Å²) < 4.78 is 0. The van der Waals surface area contributed by atoms with Crippen molar-refractivity contribution in [3.05, 3.63) is 102 Å². The van der Waals surface area contributed by atoms with Crippen molar-refractivity contribution in [2.45, 2.75) is 50.4 Å². The van der Waals surface area contributed by atoms with E-state index in [4.69, 9.17) is 5.73 Å². The van der Waals surface area contributed by atoms with Gasteiger partial charge in [-0.05, 0) is 41.8 Å². The molecular formula is C32H35N5O6. The highest BCUT2D eigenvalue weighted by atomic mass is 16.4. The van der Waals surface area contributed by atoms with Crippen LogP contribution in [0.2, 0.25) is 0 Å². The molecule has 3 aromatic carbocycles. The topological polar surface area (TPSA) is 187 Å². The number of hydrogen-bond acceptors (Lipinski definition) is 6. The number of amides is 3. The van der Waals surface area contributed by atoms with Gasteiger partial charge in [-0.3, -0.25) is 14.4 Å². The Morgan fingerprint density at radius 2 is 1.26 bits per heavy atom. The van der Waals surface area contributed by atoms with Crippen LogP contribution in [-0.2, 0) is 38.4 Å². The lowest BCUT2D eigenvalue weighted by Gasteiger charge is -2.25. The normalized spacial score (nSPS) is 13.8. The molecule has 1 heterocycles. The van der Waals surface area contributed by atoms with Crippen LogP contribution in [0.4, 0.5) is 0 Å². The van der Waals surface area contributed by atoms with Gasteiger partial charge in [0, 0.05) is 36.4 Å². The van der Waals surface area contributed by atoms with Crippen molar-refractivity contribution >= 4 is 34.6 Å². The number of phenols is 1. The van der Waals surface area contributed by atoms with Crippen LogP contribution in [0.3, 0.4) is 0 Å². The Morgan fingerprint density at radius 1 is 0.721 bits per heavy atom. The van der Waals surface area contributed by atoms with Crippen molar-refractivity contribution < 1.29 is 29.4 Å². The van der Waals surface area contributed by atoms with Gasteiger partial charge in [-0.1, -0.05) is 60.7 Å². The second-order valence-corrected chi connectivity index (χ2v) is 10.4. The molecule has 1 aromatic heterocycles. The van der Waals surface area contributed by atoms with Gasteiger partial charge >= 0.3 is 5.97 Å². The van der Waals surface area contributed by atoms with E-state index < -0.39 is 47.9 Å². The minimum Gasteiger partial charge on any atom is -0.508 e. The second-order valence-electron chi connectivity index (χ2n) is 10.4. The average Bonchev–Trinajstić information content (AvgIpc) is 3.40. The first-order valence-corrected chi connectivity index (χ1v) is 13.9. The molecule has 3 amide bonds. The zero-order valence-electron chi connectivity index (χ0n) is 23.6. The van der Waals surface area contributed by atoms with Gasteiger partial charge in [0.1, 0.15) is 23.9 Å². The Bertz CT molecular complexity index is 1570. The van der Waals surface area contributed by atoms with Gasteiger partial charge < -0.3 is 36.9 Å². The number of nitrogens with two attached hydrogens (primary N) is 1. The molecule has 224 valence electrons. The van der Waals surface area contributed by atoms with Crippen LogP contribution >= 0.6 is 0 Å². The molecule has 8 N–H and O–H groups in total. The smallest absolute Gasteiger partial charge is 0.326 e. The minimum atomic E-state index is -1.26. The number of carboxylic acids is 1. The van der Waals surface area contributed by atoms with Gasteiger partial charge in [-0.25, -0.2) is 4.79 Å². The van der Waals surface area contributed by atoms with Crippen LogP contribution in [0.25, 0.3) is 10.9 Å². The number of rotatable bonds is 13. The van der Waals surface area contributed by atoms with Crippen molar-refractivity contribution in [3.8, 4) is 5.75 Å². The molecule has 0 aliphatic heterocycles. The maximum Gasteiger partial charge on any atom is 0.326 e. The van der Waals surface area contributed by atoms with Crippen molar-refractivity contribution in [1.29, 1.82) is 0 Å². The summed E-state index contributed by atoms with van der Waals surface area (Å²) in [4.78, 5) is 55.1. The number of para-hydroxylation sites is 1. The summed E-state index contributed by atoms with van der Waals surface area (Å²) in [7, 11) is 0. The molecule has 11 heteroatoms. The van der Waals surface area contributed by atoms with Gasteiger partial charge in [-0.15, -0.1) is 0 Å². The molecule has 4 atom stereocenters. The third-order valence-electron chi connectivity index (χ3n) is 7.05. The van der Waals surface area contributed by atoms with Crippen LogP contribution in [0, 0.1) is 0 Å². The first-order valence-electron chi connectivity index (χ1n) is 13.9. The number of fused-ring (bicyclic) bond motifs is 1. The number of hydrogen-bond donors (Lipinski definition) is 7. The molecule has 0 spiro atoms. The summed E-state index contributed by atoms with van der Waals surface area (Å²) in [6, 6.07) is 18.0. The summed E-state index contributed by atoms with van der Waals surface area (Å²) in [6.07, 6.45) is 1.89. The molecule has 0 saturated heterocycles. The molecule has 11 nitrogen and oxygen atoms in total. The number of nitrogens with one attached hydrogen (secondary N) is 4. The molecule has 43 heavy (non-hydrogen) atoms. The quantitative estimate of drug-likeness (QED) is 0.125. The van der Waals surface area contributed by atoms with Crippen molar-refractivity contribution in [1.82, 2.24) is 20.9 Å². The number of phenolic OH excluding ortho intramolecular Hbond substituents is 1. The SMILES string of the molecule is C[C@H](N)C(=O)N[C@@H](Cc1c[nH]c2ccccc12)C(=O)N[C@@H](Cc1ccc(O)cc1)C(=O)N[C@@H](Cc1ccccc1)C(=O)O. The summed E-state index contributed by atoms with van der Waals surface area (Å²) in [5, 5.41) is 28.4. The Balaban J connectivity index is 1.59. The summed E-state index contributed by atoms with van der Waals surface area (Å²) in [5.74, 6) is -3.11. The van der Waals surface area contributed by atoms with E-state index in [-0.39, 0.29) is 25.0 Å². The van der Waals surface area contributed by atoms with E-state index in [1.807, 2.05) is 24.3 Å². The lowest BCUT2D eigenvalue weighted by molar-refractivity contribution is -0.142. The number of carbonyl (C=O) groups is 4. The monoisotopic (exact) mass is 585 g/mol. The van der Waals surface area contributed by atoms with E-state index in [2.05, 4.69) is 20.9 Å². The standard InChI is InChI=1S/C32H35N5O6/c1-19(33)29(39)35-27(17-22-18-34-25-10-6-5-9-24(22)25)31(41)36-26(15-21-11-13-23(38)14-12-21)30(40)37-28(32(42)43)16-20-7-3-2-4-8-20/h2-14,18-19,26-28,34,38H,15-17,33H2,1H3,(H,35,39)(H,36,41)(H,37,40)(H,42,43)/t19-,26-,27-,28-/m0/s1. The summed E-state index contributed by atoms with van der Waals surface area (Å²) >= 11 is 0. The maximum absolute atomic E-state index is 13.7. The Morgan fingerprint density at radius 3 is 1.91 bits per heavy atom. The number of carboxylic acid groups (broad SMARTS) is 1. The van der Waals surface area contributed by atoms with Crippen LogP contribution in [0.15, 0.2) is 85.1 Å². The number of H-pyrrole nitrogens is 1. The third kappa shape index (κ3) is 8.43. The lowest BCUT2D eigenvalue weighted by Crippen LogP contribution is -2.58. The highest BCUT2D eigenvalue weighted by molar-refractivity contribution is 5.95. The Hall–Kier alpha value is -5.16. The minimum absolute atomic E-state index is 0.00340. The molecule has 0 bridgehead atoms. The van der Waals surface area contributed by atoms with Crippen LogP contribution in [-0.4, -0.2) is 63.1 Å². The summed E-state index contributed by atoms with van der Waals surface area (Å²) in [5.41, 5.74) is 8.73. The predicted molar refractivity (Wildman–Crippen MR) is 161 cm³/mol. The fraction of sp³-hybridized carbons (Fsp3) is 0.250. The predicted octanol–water partition coefficient (Wildman–Crippen LogP) is 1.79. The molecule has 0 aliphatic carbocycles. The first kappa shape index (κ1) is 30.8. The highest BCUT2D eigenvalue weighted by Crippen LogP contribution is 2.19. The van der Waals surface area contributed by atoms with Crippen molar-refractivity contribution in [2.75, 3.05) is 0 Å². The number of aromatic nitrogens is 1. The molecule has 0 unspecified atom stereocenters. The zero-order valence-corrected chi connectivity index (χ0v) is 23.6. The average molecular weight is 586 g/mol. The Kier molecular flexibility index (Phi) is 10.1. The summed E-state index contributed by atoms with van der Waals surface area (Å²) in [6.45, 7) is 1.50. The number of aromatic amines is 1. The Labute approximate surface area is 248 Å². The zero-order chi connectivity index (χ0) is 30.9. The largest absolute Gasteiger partial charge is 0.508 e. The number of aromatic hydroxyl groups is 1. The van der Waals surface area contributed by atoms with Gasteiger partial charge in [0.15, 0.2) is 0 Å². The van der Waals surface area contributed by atoms with E-state index in [0.29, 0.717) is 11.1 Å². The molecule has 0 radical (unpaired) electrons. The van der Waals surface area contributed by atoms with Gasteiger partial charge in [0.2, 0.25) is 17.7 Å². The van der Waals surface area contributed by atoms with Gasteiger partial charge in [0.05, 0.1) is 6.04 Å². The van der Waals surface area contributed by atoms with Gasteiger partial charge in [-0.2, -0.15) is 0 Å². The fourth-order valence-corrected chi connectivity index (χ4v) is 4.70. The second kappa shape index (κ2) is 14.1. The van der Waals surface area contributed by atoms with Gasteiger partial charge in [0.25, 0.3) is 0 Å². The molecule has 4 rings (SSSR count). The number of carbonyl (C=O) groups excluding carboxylic acids is 3. The van der Waals surface area contributed by atoms with Crippen LogP contribution in [0.1, 0.15) is 23.6 Å². The van der Waals surface area contributed by atoms with E-state index in [0.717, 1.165) is 16.5 Å². The lowest BCUT2D eigenvalue weighted by atomic mass is 10.0. The molecular weight excluding hydrogens is 550 g/mol. The number of aliphatic carboxylic acids is 1. The van der Waals surface area contributed by atoms with E-state index in [9.17, 15) is 29.4 Å². The first-order chi connectivity index (χ1) is 20.6.